The van der Waals surface area contributed by atoms with Gasteiger partial charge in [0.2, 0.25) is 11.6 Å². The van der Waals surface area contributed by atoms with Gasteiger partial charge in [-0.3, -0.25) is 9.59 Å². The normalized spacial score (nSPS) is 14.7. The average Bonchev–Trinajstić information content (AvgIpc) is 2.20. The molecule has 2 rings (SSSR count). The lowest BCUT2D eigenvalue weighted by atomic mass is 9.92. The van der Waals surface area contributed by atoms with Crippen molar-refractivity contribution in [2.24, 2.45) is 0 Å². The van der Waals surface area contributed by atoms with Crippen molar-refractivity contribution in [3.63, 3.8) is 0 Å². The summed E-state index contributed by atoms with van der Waals surface area (Å²) in [5.41, 5.74) is -0.762. The summed E-state index contributed by atoms with van der Waals surface area (Å²) >= 11 is 5.56. The van der Waals surface area contributed by atoms with Crippen LogP contribution in [0.5, 0.6) is 11.5 Å². The van der Waals surface area contributed by atoms with Crippen molar-refractivity contribution >= 4 is 28.9 Å². The van der Waals surface area contributed by atoms with E-state index in [1.54, 1.807) is 0 Å². The number of carbonyl (C=O) groups is 2. The highest BCUT2D eigenvalue weighted by atomic mass is 35.5. The summed E-state index contributed by atoms with van der Waals surface area (Å²) in [6.07, 6.45) is 0.667. The van der Waals surface area contributed by atoms with Crippen LogP contribution >= 0.6 is 11.6 Å². The summed E-state index contributed by atoms with van der Waals surface area (Å²) in [7, 11) is 0. The molecule has 16 heavy (non-hydrogen) atoms. The van der Waals surface area contributed by atoms with Gasteiger partial charge in [-0.05, 0) is 0 Å². The van der Waals surface area contributed by atoms with E-state index in [1.807, 2.05) is 0 Å². The van der Waals surface area contributed by atoms with E-state index in [4.69, 9.17) is 11.6 Å². The van der Waals surface area contributed by atoms with Crippen LogP contribution in [0.3, 0.4) is 0 Å². The highest BCUT2D eigenvalue weighted by Gasteiger charge is 2.32. The number of fused-ring (bicyclic) bond motifs is 1. The van der Waals surface area contributed by atoms with Crippen molar-refractivity contribution in [3.8, 4) is 11.5 Å². The Bertz CT molecular complexity index is 559. The second-order valence-electron chi connectivity index (χ2n) is 3.20. The number of Topliss-reactive ketones (excluding diaryl/α,β-unsaturated/α-hetero) is 1. The third-order valence-electron chi connectivity index (χ3n) is 2.21. The van der Waals surface area contributed by atoms with E-state index in [-0.39, 0.29) is 10.6 Å². The Labute approximate surface area is 94.2 Å². The zero-order valence-corrected chi connectivity index (χ0v) is 8.45. The highest BCUT2D eigenvalue weighted by molar-refractivity contribution is 6.51. The van der Waals surface area contributed by atoms with Gasteiger partial charge in [-0.1, -0.05) is 11.6 Å². The van der Waals surface area contributed by atoms with Gasteiger partial charge >= 0.3 is 0 Å². The van der Waals surface area contributed by atoms with E-state index in [1.165, 1.54) is 0 Å². The number of ketones is 2. The fraction of sp³-hybridized carbons (Fsp3) is 0. The molecule has 6 heteroatoms. The molecule has 1 aromatic rings. The van der Waals surface area contributed by atoms with Crippen LogP contribution in [0, 0.1) is 0 Å². The van der Waals surface area contributed by atoms with Gasteiger partial charge in [0.1, 0.15) is 17.3 Å². The van der Waals surface area contributed by atoms with Crippen LogP contribution in [0.25, 0.3) is 5.76 Å². The average molecular weight is 241 g/mol. The predicted molar refractivity (Wildman–Crippen MR) is 54.7 cm³/mol. The summed E-state index contributed by atoms with van der Waals surface area (Å²) in [4.78, 5) is 22.5. The number of carbonyl (C=O) groups excluding carboxylic acids is 2. The quantitative estimate of drug-likeness (QED) is 0.471. The van der Waals surface area contributed by atoms with Crippen molar-refractivity contribution in [3.05, 3.63) is 28.3 Å². The molecule has 0 aromatic heterocycles. The first-order valence-corrected chi connectivity index (χ1v) is 4.55. The van der Waals surface area contributed by atoms with Crippen LogP contribution < -0.4 is 0 Å². The minimum absolute atomic E-state index is 0.224. The molecule has 1 aliphatic carbocycles. The molecule has 0 saturated heterocycles. The first kappa shape index (κ1) is 10.5. The SMILES string of the molecule is O=C1C=C(O)c2c(O)c(Cl)cc(O)c2C1=O. The van der Waals surface area contributed by atoms with Crippen molar-refractivity contribution in [2.75, 3.05) is 0 Å². The molecule has 0 radical (unpaired) electrons. The zero-order valence-electron chi connectivity index (χ0n) is 7.69. The third kappa shape index (κ3) is 1.25. The van der Waals surface area contributed by atoms with E-state index < -0.39 is 34.4 Å². The molecule has 0 spiro atoms. The number of phenolic OH excluding ortho intramolecular Hbond substituents is 2. The molecule has 0 amide bonds. The molecule has 1 aromatic carbocycles. The van der Waals surface area contributed by atoms with Gasteiger partial charge < -0.3 is 15.3 Å². The van der Waals surface area contributed by atoms with Crippen LogP contribution in [0.15, 0.2) is 12.1 Å². The van der Waals surface area contributed by atoms with Crippen molar-refractivity contribution in [1.29, 1.82) is 0 Å². The highest BCUT2D eigenvalue weighted by Crippen LogP contribution is 2.41. The van der Waals surface area contributed by atoms with Gasteiger partial charge in [0.15, 0.2) is 0 Å². The number of aliphatic hydroxyl groups excluding tert-OH is 1. The minimum atomic E-state index is -1.00. The summed E-state index contributed by atoms with van der Waals surface area (Å²) in [6, 6.07) is 0.930. The van der Waals surface area contributed by atoms with E-state index in [9.17, 15) is 24.9 Å². The Balaban J connectivity index is 2.90. The second kappa shape index (κ2) is 3.24. The third-order valence-corrected chi connectivity index (χ3v) is 2.50. The first-order valence-electron chi connectivity index (χ1n) is 4.17. The maximum absolute atomic E-state index is 11.4. The molecule has 3 N–H and O–H groups in total. The lowest BCUT2D eigenvalue weighted by molar-refractivity contribution is -0.111. The number of phenols is 2. The molecule has 0 fully saturated rings. The van der Waals surface area contributed by atoms with Crippen molar-refractivity contribution in [2.45, 2.75) is 0 Å². The summed E-state index contributed by atoms with van der Waals surface area (Å²) < 4.78 is 0. The number of halogens is 1. The molecule has 0 saturated carbocycles. The Morgan fingerprint density at radius 2 is 1.69 bits per heavy atom. The summed E-state index contributed by atoms with van der Waals surface area (Å²) in [5, 5.41) is 28.2. The van der Waals surface area contributed by atoms with Gasteiger partial charge in [-0.15, -0.1) is 0 Å². The topological polar surface area (TPSA) is 94.8 Å². The first-order chi connectivity index (χ1) is 7.43. The monoisotopic (exact) mass is 240 g/mol. The molecule has 82 valence electrons. The molecule has 0 unspecified atom stereocenters. The molecule has 0 aliphatic heterocycles. The number of allylic oxidation sites excluding steroid dienone is 1. The molecular formula is C10H5ClO5. The molecule has 0 atom stereocenters. The van der Waals surface area contributed by atoms with Gasteiger partial charge in [0.05, 0.1) is 16.1 Å². The lowest BCUT2D eigenvalue weighted by Gasteiger charge is -2.15. The summed E-state index contributed by atoms with van der Waals surface area (Å²) in [5.74, 6) is -3.69. The van der Waals surface area contributed by atoms with Gasteiger partial charge in [0.25, 0.3) is 0 Å². The van der Waals surface area contributed by atoms with Crippen LogP contribution in [0.2, 0.25) is 5.02 Å². The number of benzene rings is 1. The predicted octanol–water partition coefficient (Wildman–Crippen LogP) is 1.42. The fourth-order valence-corrected chi connectivity index (χ4v) is 1.69. The van der Waals surface area contributed by atoms with Crippen LogP contribution in [-0.2, 0) is 4.79 Å². The molecule has 5 nitrogen and oxygen atoms in total. The smallest absolute Gasteiger partial charge is 0.237 e. The Kier molecular flexibility index (Phi) is 2.13. The molecule has 1 aliphatic rings. The maximum atomic E-state index is 11.4. The fourth-order valence-electron chi connectivity index (χ4n) is 1.49. The number of aromatic hydroxyl groups is 2. The molecule has 0 heterocycles. The van der Waals surface area contributed by atoms with E-state index in [2.05, 4.69) is 0 Å². The van der Waals surface area contributed by atoms with E-state index in [0.717, 1.165) is 6.07 Å². The second-order valence-corrected chi connectivity index (χ2v) is 3.61. The van der Waals surface area contributed by atoms with Crippen molar-refractivity contribution in [1.82, 2.24) is 0 Å². The Morgan fingerprint density at radius 1 is 1.06 bits per heavy atom. The largest absolute Gasteiger partial charge is 0.507 e. The van der Waals surface area contributed by atoms with Gasteiger partial charge in [0, 0.05) is 12.1 Å². The summed E-state index contributed by atoms with van der Waals surface area (Å²) in [6.45, 7) is 0. The van der Waals surface area contributed by atoms with Crippen LogP contribution in [0.4, 0.5) is 0 Å². The Morgan fingerprint density at radius 3 is 2.31 bits per heavy atom. The Hall–Kier alpha value is -2.01. The van der Waals surface area contributed by atoms with Crippen molar-refractivity contribution < 1.29 is 24.9 Å². The van der Waals surface area contributed by atoms with Gasteiger partial charge in [-0.2, -0.15) is 0 Å². The molecule has 0 bridgehead atoms. The zero-order chi connectivity index (χ0) is 12.0. The minimum Gasteiger partial charge on any atom is -0.507 e. The van der Waals surface area contributed by atoms with Crippen LogP contribution in [-0.4, -0.2) is 26.9 Å². The standard InChI is InChI=1S/C10H5ClO5/c11-3-1-4(12)8-7(9(3)15)5(13)2-6(14)10(8)16/h1-2,12-13,15H. The number of hydrogen-bond acceptors (Lipinski definition) is 5. The number of aliphatic hydroxyl groups is 1. The van der Waals surface area contributed by atoms with E-state index >= 15 is 0 Å². The number of hydrogen-bond donors (Lipinski definition) is 3. The molecular weight excluding hydrogens is 236 g/mol. The number of rotatable bonds is 0. The van der Waals surface area contributed by atoms with Gasteiger partial charge in [-0.25, -0.2) is 0 Å². The lowest BCUT2D eigenvalue weighted by Crippen LogP contribution is -2.19. The van der Waals surface area contributed by atoms with E-state index in [0.29, 0.717) is 6.08 Å². The maximum Gasteiger partial charge on any atom is 0.237 e. The van der Waals surface area contributed by atoms with Crippen LogP contribution in [0.1, 0.15) is 15.9 Å².